The number of carbonyl (C=O) groups is 1. The summed E-state index contributed by atoms with van der Waals surface area (Å²) in [5.74, 6) is -0.876. The molecule has 2 N–H and O–H groups in total. The van der Waals surface area contributed by atoms with Crippen molar-refractivity contribution >= 4 is 38.9 Å². The van der Waals surface area contributed by atoms with Gasteiger partial charge in [0.2, 0.25) is 15.9 Å². The van der Waals surface area contributed by atoms with Crippen LogP contribution in [0.25, 0.3) is 0 Å². The minimum atomic E-state index is -3.59. The fourth-order valence-electron chi connectivity index (χ4n) is 1.96. The fraction of sp³-hybridized carbons (Fsp3) is 0.188. The first-order chi connectivity index (χ1) is 11.7. The molecule has 25 heavy (non-hydrogen) atoms. The van der Waals surface area contributed by atoms with Crippen molar-refractivity contribution in [1.29, 1.82) is 0 Å². The smallest absolute Gasteiger partial charge is 0.243 e. The van der Waals surface area contributed by atoms with Gasteiger partial charge in [0.25, 0.3) is 0 Å². The summed E-state index contributed by atoms with van der Waals surface area (Å²) in [4.78, 5) is 12.1. The number of carbonyl (C=O) groups excluding carboxylic acids is 1. The highest BCUT2D eigenvalue weighted by Crippen LogP contribution is 2.22. The molecule has 0 saturated carbocycles. The molecule has 0 radical (unpaired) electrons. The van der Waals surface area contributed by atoms with Gasteiger partial charge in [-0.2, -0.15) is 0 Å². The van der Waals surface area contributed by atoms with E-state index in [9.17, 15) is 17.6 Å². The second-order valence-electron chi connectivity index (χ2n) is 5.34. The number of benzene rings is 2. The minimum absolute atomic E-state index is 0.0739. The maximum absolute atomic E-state index is 13.0. The van der Waals surface area contributed by atoms with Gasteiger partial charge in [0.1, 0.15) is 5.82 Å². The average molecular weight is 386 g/mol. The topological polar surface area (TPSA) is 78.5 Å². The molecule has 0 spiro atoms. The Morgan fingerprint density at radius 2 is 1.92 bits per heavy atom. The van der Waals surface area contributed by atoms with Crippen molar-refractivity contribution in [2.75, 3.05) is 31.3 Å². The van der Waals surface area contributed by atoms with Gasteiger partial charge in [-0.1, -0.05) is 17.7 Å². The molecule has 2 aromatic rings. The van der Waals surface area contributed by atoms with Crippen molar-refractivity contribution in [3.8, 4) is 0 Å². The minimum Gasteiger partial charge on any atom is -0.375 e. The summed E-state index contributed by atoms with van der Waals surface area (Å²) in [5.41, 5.74) is 0.766. The third-order valence-corrected chi connectivity index (χ3v) is 5.39. The lowest BCUT2D eigenvalue weighted by molar-refractivity contribution is -0.114. The maximum Gasteiger partial charge on any atom is 0.243 e. The molecule has 0 aliphatic rings. The number of nitrogens with zero attached hydrogens (tertiary/aromatic N) is 1. The van der Waals surface area contributed by atoms with Gasteiger partial charge in [-0.25, -0.2) is 17.1 Å². The van der Waals surface area contributed by atoms with Gasteiger partial charge in [-0.3, -0.25) is 4.79 Å². The lowest BCUT2D eigenvalue weighted by Crippen LogP contribution is -2.23. The Labute approximate surface area is 150 Å². The van der Waals surface area contributed by atoms with Crippen LogP contribution in [0.1, 0.15) is 0 Å². The number of rotatable bonds is 6. The van der Waals surface area contributed by atoms with Gasteiger partial charge in [-0.15, -0.1) is 0 Å². The van der Waals surface area contributed by atoms with Crippen LogP contribution in [0.4, 0.5) is 15.8 Å². The second kappa shape index (κ2) is 7.81. The Morgan fingerprint density at radius 1 is 1.20 bits per heavy atom. The van der Waals surface area contributed by atoms with Crippen molar-refractivity contribution in [2.45, 2.75) is 4.90 Å². The summed E-state index contributed by atoms with van der Waals surface area (Å²) >= 11 is 5.87. The Morgan fingerprint density at radius 3 is 2.56 bits per heavy atom. The summed E-state index contributed by atoms with van der Waals surface area (Å²) in [6, 6.07) is 9.72. The maximum atomic E-state index is 13.0. The van der Waals surface area contributed by atoms with Crippen LogP contribution < -0.4 is 10.6 Å². The monoisotopic (exact) mass is 385 g/mol. The number of sulfonamides is 1. The summed E-state index contributed by atoms with van der Waals surface area (Å²) < 4.78 is 38.3. The largest absolute Gasteiger partial charge is 0.375 e. The molecule has 0 heterocycles. The average Bonchev–Trinajstić information content (AvgIpc) is 2.54. The summed E-state index contributed by atoms with van der Waals surface area (Å²) in [6.45, 7) is -0.115. The van der Waals surface area contributed by atoms with Crippen LogP contribution in [0.5, 0.6) is 0 Å². The molecular weight excluding hydrogens is 369 g/mol. The molecule has 9 heteroatoms. The van der Waals surface area contributed by atoms with Crippen LogP contribution >= 0.6 is 11.6 Å². The van der Waals surface area contributed by atoms with Gasteiger partial charge in [0.15, 0.2) is 0 Å². The molecule has 134 valence electrons. The van der Waals surface area contributed by atoms with Crippen molar-refractivity contribution in [2.24, 2.45) is 0 Å². The second-order valence-corrected chi connectivity index (χ2v) is 7.90. The first-order valence-electron chi connectivity index (χ1n) is 7.21. The van der Waals surface area contributed by atoms with Crippen molar-refractivity contribution < 1.29 is 17.6 Å². The number of hydrogen-bond acceptors (Lipinski definition) is 4. The molecule has 6 nitrogen and oxygen atoms in total. The van der Waals surface area contributed by atoms with E-state index in [-0.39, 0.29) is 16.5 Å². The number of amides is 1. The molecule has 0 saturated heterocycles. The van der Waals surface area contributed by atoms with Crippen LogP contribution in [-0.2, 0) is 14.8 Å². The molecule has 0 unspecified atom stereocenters. The Hall–Kier alpha value is -2.16. The van der Waals surface area contributed by atoms with Crippen LogP contribution in [0.2, 0.25) is 5.02 Å². The molecule has 2 rings (SSSR count). The van der Waals surface area contributed by atoms with E-state index in [2.05, 4.69) is 10.6 Å². The molecule has 0 fully saturated rings. The molecule has 2 aromatic carbocycles. The van der Waals surface area contributed by atoms with E-state index in [1.165, 1.54) is 44.4 Å². The Kier molecular flexibility index (Phi) is 5.99. The third-order valence-electron chi connectivity index (χ3n) is 3.27. The molecule has 1 amide bonds. The van der Waals surface area contributed by atoms with Crippen molar-refractivity contribution in [3.63, 3.8) is 0 Å². The van der Waals surface area contributed by atoms with E-state index < -0.39 is 21.7 Å². The molecule has 0 aromatic heterocycles. The molecule has 0 aliphatic carbocycles. The van der Waals surface area contributed by atoms with E-state index >= 15 is 0 Å². The van der Waals surface area contributed by atoms with Crippen molar-refractivity contribution in [1.82, 2.24) is 4.31 Å². The SMILES string of the molecule is CN(C)S(=O)(=O)c1cccc(NC(=O)CNc2ccc(F)cc2Cl)c1. The third kappa shape index (κ3) is 4.91. The highest BCUT2D eigenvalue weighted by molar-refractivity contribution is 7.89. The van der Waals surface area contributed by atoms with Crippen LogP contribution in [0.3, 0.4) is 0 Å². The van der Waals surface area contributed by atoms with E-state index in [0.29, 0.717) is 11.4 Å². The zero-order valence-corrected chi connectivity index (χ0v) is 15.2. The first-order valence-corrected chi connectivity index (χ1v) is 9.03. The first kappa shape index (κ1) is 19.2. The standard InChI is InChI=1S/C16H17ClFN3O3S/c1-21(2)25(23,24)13-5-3-4-12(9-13)20-16(22)10-19-15-7-6-11(18)8-14(15)17/h3-9,19H,10H2,1-2H3,(H,20,22). The zero-order chi connectivity index (χ0) is 18.6. The van der Waals surface area contributed by atoms with E-state index in [1.807, 2.05) is 0 Å². The predicted octanol–water partition coefficient (Wildman–Crippen LogP) is 2.78. The summed E-state index contributed by atoms with van der Waals surface area (Å²) in [6.07, 6.45) is 0. The number of halogens is 2. The Bertz CT molecular complexity index is 888. The van der Waals surface area contributed by atoms with Crippen molar-refractivity contribution in [3.05, 3.63) is 53.3 Å². The van der Waals surface area contributed by atoms with Crippen LogP contribution in [-0.4, -0.2) is 39.3 Å². The lowest BCUT2D eigenvalue weighted by Gasteiger charge is -2.13. The molecule has 0 aliphatic heterocycles. The van der Waals surface area contributed by atoms with Gasteiger partial charge in [0, 0.05) is 19.8 Å². The van der Waals surface area contributed by atoms with Crippen LogP contribution in [0.15, 0.2) is 47.4 Å². The molecule has 0 atom stereocenters. The predicted molar refractivity (Wildman–Crippen MR) is 95.8 cm³/mol. The van der Waals surface area contributed by atoms with E-state index in [0.717, 1.165) is 10.4 Å². The fourth-order valence-corrected chi connectivity index (χ4v) is 3.14. The normalized spacial score (nSPS) is 11.4. The molecular formula is C16H17ClFN3O3S. The quantitative estimate of drug-likeness (QED) is 0.801. The number of nitrogens with one attached hydrogen (secondary N) is 2. The lowest BCUT2D eigenvalue weighted by atomic mass is 10.3. The molecule has 0 bridgehead atoms. The highest BCUT2D eigenvalue weighted by atomic mass is 35.5. The van der Waals surface area contributed by atoms with E-state index in [4.69, 9.17) is 11.6 Å². The highest BCUT2D eigenvalue weighted by Gasteiger charge is 2.17. The van der Waals surface area contributed by atoms with E-state index in [1.54, 1.807) is 6.07 Å². The Balaban J connectivity index is 2.03. The van der Waals surface area contributed by atoms with Gasteiger partial charge < -0.3 is 10.6 Å². The van der Waals surface area contributed by atoms with Gasteiger partial charge >= 0.3 is 0 Å². The van der Waals surface area contributed by atoms with Crippen LogP contribution in [0, 0.1) is 5.82 Å². The number of hydrogen-bond donors (Lipinski definition) is 2. The summed E-state index contributed by atoms with van der Waals surface area (Å²) in [7, 11) is -0.732. The zero-order valence-electron chi connectivity index (χ0n) is 13.6. The van der Waals surface area contributed by atoms with Gasteiger partial charge in [-0.05, 0) is 36.4 Å². The summed E-state index contributed by atoms with van der Waals surface area (Å²) in [5, 5.41) is 5.54. The number of anilines is 2. The van der Waals surface area contributed by atoms with Gasteiger partial charge in [0.05, 0.1) is 22.2 Å².